The molecule has 24 heavy (non-hydrogen) atoms. The average Bonchev–Trinajstić information content (AvgIpc) is 3.28. The van der Waals surface area contributed by atoms with E-state index in [9.17, 15) is 0 Å². The fourth-order valence-corrected chi connectivity index (χ4v) is 3.63. The van der Waals surface area contributed by atoms with Crippen LogP contribution in [-0.4, -0.2) is 48.1 Å². The van der Waals surface area contributed by atoms with E-state index in [4.69, 9.17) is 0 Å². The second-order valence-corrected chi connectivity index (χ2v) is 6.13. The molecule has 1 aliphatic heterocycles. The third-order valence-corrected chi connectivity index (χ3v) is 4.74. The first-order valence-electron chi connectivity index (χ1n) is 8.10. The number of tetrazole rings is 1. The maximum atomic E-state index is 4.52. The third-order valence-electron chi connectivity index (χ3n) is 4.74. The zero-order chi connectivity index (χ0) is 15.9. The monoisotopic (exact) mass is 320 g/mol. The molecule has 1 saturated heterocycles. The molecule has 1 atom stereocenters. The van der Waals surface area contributed by atoms with Gasteiger partial charge in [-0.1, -0.05) is 0 Å². The first-order chi connectivity index (χ1) is 11.9. The normalized spacial score (nSPS) is 18.5. The van der Waals surface area contributed by atoms with Gasteiger partial charge in [0.15, 0.2) is 5.82 Å². The molecular weight excluding hydrogens is 304 g/mol. The van der Waals surface area contributed by atoms with E-state index in [-0.39, 0.29) is 0 Å². The van der Waals surface area contributed by atoms with Crippen molar-refractivity contribution in [2.75, 3.05) is 18.0 Å². The number of fused-ring (bicyclic) bond motifs is 2. The van der Waals surface area contributed by atoms with E-state index in [0.717, 1.165) is 37.4 Å². The third kappa shape index (κ3) is 2.03. The van der Waals surface area contributed by atoms with Crippen molar-refractivity contribution in [2.45, 2.75) is 18.8 Å². The minimum absolute atomic E-state index is 0.439. The number of pyridine rings is 1. The molecule has 4 aromatic rings. The molecule has 0 bridgehead atoms. The number of hydrogen-bond donors (Lipinski definition) is 1. The second-order valence-electron chi connectivity index (χ2n) is 6.13. The fourth-order valence-electron chi connectivity index (χ4n) is 3.63. The molecule has 5 heterocycles. The summed E-state index contributed by atoms with van der Waals surface area (Å²) in [6.07, 6.45) is 9.70. The first-order valence-corrected chi connectivity index (χ1v) is 8.10. The lowest BCUT2D eigenvalue weighted by molar-refractivity contribution is 0.509. The van der Waals surface area contributed by atoms with Crippen LogP contribution >= 0.6 is 0 Å². The Morgan fingerprint density at radius 2 is 2.21 bits per heavy atom. The van der Waals surface area contributed by atoms with Crippen LogP contribution in [0.2, 0.25) is 0 Å². The van der Waals surface area contributed by atoms with E-state index in [1.54, 1.807) is 16.9 Å². The summed E-state index contributed by atoms with van der Waals surface area (Å²) in [7, 11) is 0. The van der Waals surface area contributed by atoms with Crippen LogP contribution in [0.4, 0.5) is 5.82 Å². The van der Waals surface area contributed by atoms with E-state index in [1.807, 2.05) is 12.3 Å². The van der Waals surface area contributed by atoms with Gasteiger partial charge in [0, 0.05) is 43.0 Å². The number of piperidine rings is 1. The molecule has 0 amide bonds. The van der Waals surface area contributed by atoms with Crippen LogP contribution in [0, 0.1) is 0 Å². The van der Waals surface area contributed by atoms with Crippen molar-refractivity contribution in [3.05, 3.63) is 42.5 Å². The lowest BCUT2D eigenvalue weighted by Crippen LogP contribution is -2.35. The topological polar surface area (TPSA) is 87.9 Å². The van der Waals surface area contributed by atoms with Crippen molar-refractivity contribution >= 4 is 22.5 Å². The molecule has 120 valence electrons. The van der Waals surface area contributed by atoms with Gasteiger partial charge in [0.05, 0.1) is 6.20 Å². The van der Waals surface area contributed by atoms with Gasteiger partial charge in [-0.3, -0.25) is 0 Å². The summed E-state index contributed by atoms with van der Waals surface area (Å²) in [5, 5.41) is 13.0. The van der Waals surface area contributed by atoms with Gasteiger partial charge in [-0.05, 0) is 41.0 Å². The van der Waals surface area contributed by atoms with Crippen LogP contribution in [0.15, 0.2) is 36.9 Å². The van der Waals surface area contributed by atoms with Gasteiger partial charge in [-0.2, -0.15) is 4.52 Å². The van der Waals surface area contributed by atoms with Gasteiger partial charge < -0.3 is 9.88 Å². The molecule has 8 heteroatoms. The fraction of sp³-hybridized carbons (Fsp3) is 0.312. The minimum Gasteiger partial charge on any atom is -0.353 e. The summed E-state index contributed by atoms with van der Waals surface area (Å²) in [5.74, 6) is 1.29. The van der Waals surface area contributed by atoms with E-state index in [2.05, 4.69) is 47.6 Å². The maximum absolute atomic E-state index is 4.52. The van der Waals surface area contributed by atoms with Gasteiger partial charge >= 0.3 is 0 Å². The van der Waals surface area contributed by atoms with Crippen LogP contribution in [-0.2, 0) is 0 Å². The zero-order valence-electron chi connectivity index (χ0n) is 13.0. The van der Waals surface area contributed by atoms with Crippen molar-refractivity contribution in [1.82, 2.24) is 35.0 Å². The number of aromatic amines is 1. The number of rotatable bonds is 2. The lowest BCUT2D eigenvalue weighted by Gasteiger charge is -2.33. The lowest BCUT2D eigenvalue weighted by atomic mass is 9.91. The number of H-pyrrole nitrogens is 1. The number of anilines is 1. The standard InChI is InChI=1S/C16H16N8/c1-4-12-13(9-19-14(12)17-5-1)11-3-2-7-23(10-11)15-16-20-21-22-24(16)8-6-18-15/h1,4-6,8-9,11H,2-3,7,10H2,(H,17,19)/t11-/m0/s1. The molecule has 0 spiro atoms. The SMILES string of the molecule is c1cnc2[nH]cc([C@H]3CCCN(c4nccn5nnnc45)C3)c2c1. The second kappa shape index (κ2) is 5.26. The Hall–Kier alpha value is -3.03. The van der Waals surface area contributed by atoms with Crippen LogP contribution < -0.4 is 4.90 Å². The predicted molar refractivity (Wildman–Crippen MR) is 88.9 cm³/mol. The van der Waals surface area contributed by atoms with Gasteiger partial charge in [0.1, 0.15) is 5.65 Å². The highest BCUT2D eigenvalue weighted by Crippen LogP contribution is 2.33. The predicted octanol–water partition coefficient (Wildman–Crippen LogP) is 1.78. The number of hydrogen-bond acceptors (Lipinski definition) is 6. The van der Waals surface area contributed by atoms with E-state index >= 15 is 0 Å². The smallest absolute Gasteiger partial charge is 0.221 e. The van der Waals surface area contributed by atoms with Crippen LogP contribution in [0.3, 0.4) is 0 Å². The highest BCUT2D eigenvalue weighted by molar-refractivity contribution is 5.80. The number of nitrogens with one attached hydrogen (secondary N) is 1. The Labute approximate surface area is 137 Å². The van der Waals surface area contributed by atoms with E-state index in [0.29, 0.717) is 11.6 Å². The molecule has 4 aromatic heterocycles. The highest BCUT2D eigenvalue weighted by atomic mass is 15.5. The number of nitrogens with zero attached hydrogens (tertiary/aromatic N) is 7. The summed E-state index contributed by atoms with van der Waals surface area (Å²) in [4.78, 5) is 14.5. The average molecular weight is 320 g/mol. The number of aromatic nitrogens is 7. The van der Waals surface area contributed by atoms with Crippen molar-refractivity contribution < 1.29 is 0 Å². The van der Waals surface area contributed by atoms with Crippen LogP contribution in [0.25, 0.3) is 16.7 Å². The van der Waals surface area contributed by atoms with Crippen LogP contribution in [0.5, 0.6) is 0 Å². The Kier molecular flexibility index (Phi) is 2.94. The molecule has 0 aliphatic carbocycles. The van der Waals surface area contributed by atoms with Gasteiger partial charge in [0.25, 0.3) is 0 Å². The molecule has 8 nitrogen and oxygen atoms in total. The van der Waals surface area contributed by atoms with E-state index < -0.39 is 0 Å². The molecule has 0 aromatic carbocycles. The van der Waals surface area contributed by atoms with Crippen molar-refractivity contribution in [2.24, 2.45) is 0 Å². The summed E-state index contributed by atoms with van der Waals surface area (Å²) in [6, 6.07) is 4.12. The molecule has 0 saturated carbocycles. The zero-order valence-corrected chi connectivity index (χ0v) is 13.0. The Bertz CT molecular complexity index is 1000. The Balaban J connectivity index is 1.51. The molecule has 1 N–H and O–H groups in total. The summed E-state index contributed by atoms with van der Waals surface area (Å²) in [5.41, 5.74) is 2.99. The summed E-state index contributed by atoms with van der Waals surface area (Å²) < 4.78 is 1.67. The highest BCUT2D eigenvalue weighted by Gasteiger charge is 2.26. The van der Waals surface area contributed by atoms with Crippen molar-refractivity contribution in [3.63, 3.8) is 0 Å². The first kappa shape index (κ1) is 13.4. The largest absolute Gasteiger partial charge is 0.353 e. The molecular formula is C16H16N8. The van der Waals surface area contributed by atoms with Crippen molar-refractivity contribution in [1.29, 1.82) is 0 Å². The Morgan fingerprint density at radius 3 is 3.21 bits per heavy atom. The van der Waals surface area contributed by atoms with Crippen LogP contribution in [0.1, 0.15) is 24.3 Å². The van der Waals surface area contributed by atoms with Gasteiger partial charge in [-0.15, -0.1) is 5.10 Å². The summed E-state index contributed by atoms with van der Waals surface area (Å²) in [6.45, 7) is 1.87. The Morgan fingerprint density at radius 1 is 1.21 bits per heavy atom. The van der Waals surface area contributed by atoms with E-state index in [1.165, 1.54) is 10.9 Å². The molecule has 1 fully saturated rings. The quantitative estimate of drug-likeness (QED) is 0.606. The van der Waals surface area contributed by atoms with Gasteiger partial charge in [-0.25, -0.2) is 9.97 Å². The molecule has 5 rings (SSSR count). The van der Waals surface area contributed by atoms with Crippen molar-refractivity contribution in [3.8, 4) is 0 Å². The molecule has 0 unspecified atom stereocenters. The minimum atomic E-state index is 0.439. The summed E-state index contributed by atoms with van der Waals surface area (Å²) >= 11 is 0. The molecule has 1 aliphatic rings. The molecule has 0 radical (unpaired) electrons. The van der Waals surface area contributed by atoms with Gasteiger partial charge in [0.2, 0.25) is 5.65 Å². The maximum Gasteiger partial charge on any atom is 0.221 e.